The van der Waals surface area contributed by atoms with Gasteiger partial charge in [0.05, 0.1) is 11.6 Å². The van der Waals surface area contributed by atoms with Gasteiger partial charge in [-0.1, -0.05) is 0 Å². The van der Waals surface area contributed by atoms with E-state index in [0.717, 1.165) is 4.47 Å². The van der Waals surface area contributed by atoms with Gasteiger partial charge in [0, 0.05) is 6.20 Å². The molecule has 10 heavy (non-hydrogen) atoms. The van der Waals surface area contributed by atoms with Crippen molar-refractivity contribution in [3.8, 4) is 5.88 Å². The zero-order chi connectivity index (χ0) is 7.56. The van der Waals surface area contributed by atoms with Gasteiger partial charge in [-0.25, -0.2) is 4.98 Å². The fourth-order valence-corrected chi connectivity index (χ4v) is 0.931. The highest BCUT2D eigenvalue weighted by atomic mass is 79.9. The smallest absolute Gasteiger partial charge is 0.231 e. The predicted octanol–water partition coefficient (Wildman–Crippen LogP) is 1.56. The zero-order valence-corrected chi connectivity index (χ0v) is 7.34. The summed E-state index contributed by atoms with van der Waals surface area (Å²) >= 11 is 3.24. The summed E-state index contributed by atoms with van der Waals surface area (Å²) in [5.74, 6) is 1.28. The Labute approximate surface area is 67.6 Å². The molecule has 3 nitrogen and oxygen atoms in total. The molecular formula is C6H7BrN2O. The molecule has 0 atom stereocenters. The molecule has 0 aromatic carbocycles. The summed E-state index contributed by atoms with van der Waals surface area (Å²) in [5.41, 5.74) is 0. The van der Waals surface area contributed by atoms with Gasteiger partial charge in [0.25, 0.3) is 0 Å². The van der Waals surface area contributed by atoms with Gasteiger partial charge in [-0.15, -0.1) is 0 Å². The maximum atomic E-state index is 4.93. The highest BCUT2D eigenvalue weighted by Crippen LogP contribution is 2.19. The molecule has 0 bridgehead atoms. The van der Waals surface area contributed by atoms with Gasteiger partial charge in [-0.3, -0.25) is 0 Å². The molecule has 0 aliphatic heterocycles. The lowest BCUT2D eigenvalue weighted by atomic mass is 10.6. The minimum atomic E-state index is 0.576. The Bertz CT molecular complexity index is 239. The molecule has 0 aliphatic rings. The summed E-state index contributed by atoms with van der Waals surface area (Å²) in [5, 5.41) is 0. The number of halogens is 1. The Morgan fingerprint density at radius 1 is 1.60 bits per heavy atom. The van der Waals surface area contributed by atoms with Crippen molar-refractivity contribution in [1.29, 1.82) is 0 Å². The number of hydrogen-bond donors (Lipinski definition) is 0. The Hall–Kier alpha value is -0.640. The van der Waals surface area contributed by atoms with E-state index in [4.69, 9.17) is 4.74 Å². The van der Waals surface area contributed by atoms with Crippen molar-refractivity contribution in [2.24, 2.45) is 0 Å². The van der Waals surface area contributed by atoms with E-state index in [-0.39, 0.29) is 0 Å². The quantitative estimate of drug-likeness (QED) is 0.694. The summed E-state index contributed by atoms with van der Waals surface area (Å²) in [6.45, 7) is 1.81. The van der Waals surface area contributed by atoms with E-state index in [1.807, 2.05) is 6.92 Å². The fraction of sp³-hybridized carbons (Fsp3) is 0.333. The highest BCUT2D eigenvalue weighted by molar-refractivity contribution is 9.10. The maximum absolute atomic E-state index is 4.93. The minimum Gasteiger partial charge on any atom is -0.480 e. The van der Waals surface area contributed by atoms with Crippen LogP contribution in [-0.2, 0) is 0 Å². The van der Waals surface area contributed by atoms with Crippen molar-refractivity contribution in [2.45, 2.75) is 6.92 Å². The number of aryl methyl sites for hydroxylation is 1. The Morgan fingerprint density at radius 2 is 2.30 bits per heavy atom. The molecule has 0 fully saturated rings. The van der Waals surface area contributed by atoms with E-state index in [0.29, 0.717) is 11.7 Å². The van der Waals surface area contributed by atoms with Gasteiger partial charge in [0.1, 0.15) is 5.82 Å². The monoisotopic (exact) mass is 202 g/mol. The van der Waals surface area contributed by atoms with Gasteiger partial charge in [-0.2, -0.15) is 4.98 Å². The van der Waals surface area contributed by atoms with Crippen LogP contribution in [0.2, 0.25) is 0 Å². The molecule has 1 heterocycles. The molecule has 0 saturated carbocycles. The lowest BCUT2D eigenvalue weighted by Gasteiger charge is -2.00. The Morgan fingerprint density at radius 3 is 2.80 bits per heavy atom. The fourth-order valence-electron chi connectivity index (χ4n) is 0.578. The lowest BCUT2D eigenvalue weighted by Crippen LogP contribution is -1.92. The summed E-state index contributed by atoms with van der Waals surface area (Å²) in [7, 11) is 1.58. The van der Waals surface area contributed by atoms with Crippen molar-refractivity contribution in [1.82, 2.24) is 9.97 Å². The van der Waals surface area contributed by atoms with Crippen LogP contribution in [0.25, 0.3) is 0 Å². The molecule has 4 heteroatoms. The zero-order valence-electron chi connectivity index (χ0n) is 5.76. The van der Waals surface area contributed by atoms with Crippen molar-refractivity contribution < 1.29 is 4.74 Å². The van der Waals surface area contributed by atoms with Crippen LogP contribution in [0.3, 0.4) is 0 Å². The Balaban J connectivity index is 3.09. The third-order valence-corrected chi connectivity index (χ3v) is 1.57. The van der Waals surface area contributed by atoms with E-state index in [9.17, 15) is 0 Å². The first-order valence-corrected chi connectivity index (χ1v) is 3.56. The van der Waals surface area contributed by atoms with Crippen LogP contribution in [0.4, 0.5) is 0 Å². The average molecular weight is 203 g/mol. The van der Waals surface area contributed by atoms with E-state index >= 15 is 0 Å². The predicted molar refractivity (Wildman–Crippen MR) is 41.0 cm³/mol. The SMILES string of the molecule is COc1nc(C)ncc1Br. The molecule has 54 valence electrons. The summed E-state index contributed by atoms with van der Waals surface area (Å²) in [6.07, 6.45) is 1.67. The van der Waals surface area contributed by atoms with E-state index in [2.05, 4.69) is 25.9 Å². The largest absolute Gasteiger partial charge is 0.480 e. The second kappa shape index (κ2) is 2.96. The third kappa shape index (κ3) is 1.44. The number of hydrogen-bond acceptors (Lipinski definition) is 3. The molecule has 1 aromatic rings. The van der Waals surface area contributed by atoms with E-state index < -0.39 is 0 Å². The normalized spacial score (nSPS) is 9.50. The van der Waals surface area contributed by atoms with Crippen molar-refractivity contribution in [2.75, 3.05) is 7.11 Å². The second-order valence-electron chi connectivity index (χ2n) is 1.77. The first kappa shape index (κ1) is 7.47. The number of nitrogens with zero attached hydrogens (tertiary/aromatic N) is 2. The van der Waals surface area contributed by atoms with E-state index in [1.54, 1.807) is 13.3 Å². The maximum Gasteiger partial charge on any atom is 0.231 e. The first-order valence-electron chi connectivity index (χ1n) is 2.77. The number of rotatable bonds is 1. The topological polar surface area (TPSA) is 35.0 Å². The number of aromatic nitrogens is 2. The van der Waals surface area contributed by atoms with Crippen molar-refractivity contribution >= 4 is 15.9 Å². The van der Waals surface area contributed by atoms with Gasteiger partial charge < -0.3 is 4.74 Å². The molecule has 0 aliphatic carbocycles. The summed E-state index contributed by atoms with van der Waals surface area (Å²) in [4.78, 5) is 7.96. The molecule has 0 N–H and O–H groups in total. The molecule has 1 rings (SSSR count). The highest BCUT2D eigenvalue weighted by Gasteiger charge is 1.99. The van der Waals surface area contributed by atoms with Crippen LogP contribution in [0.5, 0.6) is 5.88 Å². The molecule has 0 saturated heterocycles. The summed E-state index contributed by atoms with van der Waals surface area (Å²) < 4.78 is 5.71. The Kier molecular flexibility index (Phi) is 2.21. The van der Waals surface area contributed by atoms with Crippen molar-refractivity contribution in [3.05, 3.63) is 16.5 Å². The van der Waals surface area contributed by atoms with Crippen LogP contribution >= 0.6 is 15.9 Å². The third-order valence-electron chi connectivity index (χ3n) is 1.03. The van der Waals surface area contributed by atoms with Gasteiger partial charge in [0.15, 0.2) is 0 Å². The first-order chi connectivity index (χ1) is 4.74. The van der Waals surface area contributed by atoms with Crippen molar-refractivity contribution in [3.63, 3.8) is 0 Å². The minimum absolute atomic E-state index is 0.576. The lowest BCUT2D eigenvalue weighted by molar-refractivity contribution is 0.392. The van der Waals surface area contributed by atoms with Gasteiger partial charge in [0.2, 0.25) is 5.88 Å². The van der Waals surface area contributed by atoms with Crippen LogP contribution in [-0.4, -0.2) is 17.1 Å². The molecule has 0 unspecified atom stereocenters. The van der Waals surface area contributed by atoms with Crippen LogP contribution in [0.15, 0.2) is 10.7 Å². The molecular weight excluding hydrogens is 196 g/mol. The average Bonchev–Trinajstić information content (AvgIpc) is 1.94. The van der Waals surface area contributed by atoms with Crippen LogP contribution in [0, 0.1) is 6.92 Å². The van der Waals surface area contributed by atoms with Crippen LogP contribution in [0.1, 0.15) is 5.82 Å². The van der Waals surface area contributed by atoms with Crippen LogP contribution < -0.4 is 4.74 Å². The van der Waals surface area contributed by atoms with Gasteiger partial charge in [-0.05, 0) is 22.9 Å². The number of methoxy groups -OCH3 is 1. The number of ether oxygens (including phenoxy) is 1. The molecule has 0 amide bonds. The summed E-state index contributed by atoms with van der Waals surface area (Å²) in [6, 6.07) is 0. The molecule has 0 radical (unpaired) electrons. The van der Waals surface area contributed by atoms with E-state index in [1.165, 1.54) is 0 Å². The standard InChI is InChI=1S/C6H7BrN2O/c1-4-8-3-5(7)6(9-4)10-2/h3H,1-2H3. The van der Waals surface area contributed by atoms with Gasteiger partial charge >= 0.3 is 0 Å². The molecule has 1 aromatic heterocycles. The second-order valence-corrected chi connectivity index (χ2v) is 2.63. The molecule has 0 spiro atoms.